The normalized spacial score (nSPS) is 14.3. The topological polar surface area (TPSA) is 114 Å². The molecule has 0 spiro atoms. The van der Waals surface area contributed by atoms with Gasteiger partial charge < -0.3 is 19.6 Å². The van der Waals surface area contributed by atoms with Crippen molar-refractivity contribution in [2.75, 3.05) is 44.7 Å². The van der Waals surface area contributed by atoms with Crippen molar-refractivity contribution < 1.29 is 27.8 Å². The lowest BCUT2D eigenvalue weighted by Crippen LogP contribution is -2.45. The molecule has 1 aliphatic heterocycles. The Labute approximate surface area is 276 Å². The number of alkyl halides is 3. The van der Waals surface area contributed by atoms with E-state index < -0.39 is 23.3 Å². The molecule has 4 aromatic heterocycles. The Morgan fingerprint density at radius 1 is 1.02 bits per heavy atom. The maximum atomic E-state index is 14.1. The Kier molecular flexibility index (Phi) is 8.61. The zero-order valence-corrected chi connectivity index (χ0v) is 27.5. The van der Waals surface area contributed by atoms with Crippen LogP contribution in [0, 0.1) is 20.8 Å². The van der Waals surface area contributed by atoms with Crippen LogP contribution in [0.4, 0.5) is 19.0 Å². The van der Waals surface area contributed by atoms with Crippen LogP contribution in [0.5, 0.6) is 5.75 Å². The Bertz CT molecular complexity index is 2110. The molecule has 47 heavy (non-hydrogen) atoms. The lowest BCUT2D eigenvalue weighted by Gasteiger charge is -2.34. The average molecular weight is 687 g/mol. The lowest BCUT2D eigenvalue weighted by molar-refractivity contribution is -0.137. The number of pyridine rings is 2. The van der Waals surface area contributed by atoms with Gasteiger partial charge in [0.15, 0.2) is 5.52 Å². The van der Waals surface area contributed by atoms with Crippen LogP contribution in [-0.4, -0.2) is 75.3 Å². The van der Waals surface area contributed by atoms with Gasteiger partial charge in [-0.15, -0.1) is 11.3 Å². The maximum absolute atomic E-state index is 14.1. The number of likely N-dealkylation sites (N-methyl/N-ethyl adjacent to an activating group) is 1. The van der Waals surface area contributed by atoms with Crippen molar-refractivity contribution in [1.82, 2.24) is 24.4 Å². The van der Waals surface area contributed by atoms with Gasteiger partial charge >= 0.3 is 12.1 Å². The van der Waals surface area contributed by atoms with E-state index in [9.17, 15) is 27.9 Å². The predicted molar refractivity (Wildman–Crippen MR) is 175 cm³/mol. The fourth-order valence-corrected chi connectivity index (χ4v) is 7.11. The molecule has 0 atom stereocenters. The Hall–Kier alpha value is -4.27. The number of rotatable bonds is 7. The standard InChI is InChI=1S/C32H30ClF3N6O4S/c1-16-13-21(28-27(37-16)25(31(44)45)17(2)47-28)20-14-19(33)5-6-24(20)46-12-11-42-18(3)38-23-15-22(32(34,35)36)29(39-26(23)30(42)43)41-9-7-40(4)8-10-41/h5-6,13-15H,7-12H2,1-4H3,(H,44,45). The minimum atomic E-state index is -4.68. The largest absolute Gasteiger partial charge is 0.491 e. The molecular formula is C32H30ClF3N6O4S. The zero-order valence-electron chi connectivity index (χ0n) is 25.9. The predicted octanol–water partition coefficient (Wildman–Crippen LogP) is 6.19. The highest BCUT2D eigenvalue weighted by Crippen LogP contribution is 2.42. The maximum Gasteiger partial charge on any atom is 0.420 e. The van der Waals surface area contributed by atoms with E-state index in [0.717, 1.165) is 6.07 Å². The van der Waals surface area contributed by atoms with E-state index in [1.165, 1.54) is 15.9 Å². The van der Waals surface area contributed by atoms with E-state index >= 15 is 0 Å². The van der Waals surface area contributed by atoms with Crippen LogP contribution in [-0.2, 0) is 12.7 Å². The number of ether oxygens (including phenoxy) is 1. The van der Waals surface area contributed by atoms with E-state index in [4.69, 9.17) is 16.3 Å². The van der Waals surface area contributed by atoms with Gasteiger partial charge in [-0.25, -0.2) is 14.8 Å². The van der Waals surface area contributed by atoms with Crippen molar-refractivity contribution in [1.29, 1.82) is 0 Å². The molecule has 0 amide bonds. The molecule has 1 N–H and O–H groups in total. The third-order valence-corrected chi connectivity index (χ3v) is 9.54. The summed E-state index contributed by atoms with van der Waals surface area (Å²) in [7, 11) is 1.90. The SMILES string of the molecule is Cc1cc(-c2cc(Cl)ccc2OCCn2c(C)nc3cc(C(F)(F)F)c(N4CCN(C)CC4)nc3c2=O)c2sc(C)c(C(=O)O)c2n1. The van der Waals surface area contributed by atoms with Crippen LogP contribution >= 0.6 is 22.9 Å². The summed E-state index contributed by atoms with van der Waals surface area (Å²) in [5.74, 6) is -0.686. The quantitative estimate of drug-likeness (QED) is 0.214. The molecular weight excluding hydrogens is 657 g/mol. The summed E-state index contributed by atoms with van der Waals surface area (Å²) in [4.78, 5) is 42.9. The van der Waals surface area contributed by atoms with E-state index in [0.29, 0.717) is 68.9 Å². The van der Waals surface area contributed by atoms with E-state index in [1.807, 2.05) is 18.0 Å². The number of nitrogens with zero attached hydrogens (tertiary/aromatic N) is 6. The Morgan fingerprint density at radius 3 is 2.43 bits per heavy atom. The molecule has 10 nitrogen and oxygen atoms in total. The molecule has 15 heteroatoms. The van der Waals surface area contributed by atoms with Gasteiger partial charge in [0.2, 0.25) is 0 Å². The van der Waals surface area contributed by atoms with Crippen LogP contribution in [0.2, 0.25) is 5.02 Å². The molecule has 1 aliphatic rings. The summed E-state index contributed by atoms with van der Waals surface area (Å²) in [5, 5.41) is 10.2. The molecule has 0 radical (unpaired) electrons. The molecule has 0 unspecified atom stereocenters. The van der Waals surface area contributed by atoms with E-state index in [-0.39, 0.29) is 41.4 Å². The number of carbonyl (C=O) groups is 1. The van der Waals surface area contributed by atoms with Crippen LogP contribution in [0.25, 0.3) is 32.4 Å². The second-order valence-electron chi connectivity index (χ2n) is 11.4. The number of piperazine rings is 1. The van der Waals surface area contributed by atoms with Gasteiger partial charge in [-0.3, -0.25) is 14.3 Å². The summed E-state index contributed by atoms with van der Waals surface area (Å²) in [6.45, 7) is 6.91. The van der Waals surface area contributed by atoms with Gasteiger partial charge in [0, 0.05) is 52.9 Å². The van der Waals surface area contributed by atoms with Gasteiger partial charge in [-0.2, -0.15) is 13.2 Å². The molecule has 6 rings (SSSR count). The van der Waals surface area contributed by atoms with Crippen LogP contribution < -0.4 is 15.2 Å². The minimum Gasteiger partial charge on any atom is -0.491 e. The number of aryl methyl sites for hydroxylation is 3. The molecule has 0 aliphatic carbocycles. The fourth-order valence-electron chi connectivity index (χ4n) is 5.82. The van der Waals surface area contributed by atoms with E-state index in [2.05, 4.69) is 15.0 Å². The molecule has 246 valence electrons. The number of anilines is 1. The van der Waals surface area contributed by atoms with Crippen LogP contribution in [0.15, 0.2) is 35.1 Å². The second kappa shape index (κ2) is 12.4. The smallest absolute Gasteiger partial charge is 0.420 e. The number of hydrogen-bond acceptors (Lipinski definition) is 9. The number of hydrogen-bond donors (Lipinski definition) is 1. The number of benzene rings is 1. The van der Waals surface area contributed by atoms with Gasteiger partial charge in [0.05, 0.1) is 27.8 Å². The van der Waals surface area contributed by atoms with Crippen LogP contribution in [0.1, 0.15) is 32.3 Å². The molecule has 1 aromatic carbocycles. The first-order valence-electron chi connectivity index (χ1n) is 14.7. The highest BCUT2D eigenvalue weighted by molar-refractivity contribution is 7.20. The Balaban J connectivity index is 1.34. The molecule has 5 aromatic rings. The molecule has 1 saturated heterocycles. The van der Waals surface area contributed by atoms with Crippen molar-refractivity contribution in [3.05, 3.63) is 73.2 Å². The molecule has 0 saturated carbocycles. The first-order chi connectivity index (χ1) is 22.2. The molecule has 5 heterocycles. The monoisotopic (exact) mass is 686 g/mol. The van der Waals surface area contributed by atoms with Crippen molar-refractivity contribution in [2.45, 2.75) is 33.5 Å². The number of aromatic nitrogens is 4. The summed E-state index contributed by atoms with van der Waals surface area (Å²) >= 11 is 7.70. The number of aromatic carboxylic acids is 1. The number of carboxylic acid groups (broad SMARTS) is 1. The molecule has 0 bridgehead atoms. The van der Waals surface area contributed by atoms with Crippen molar-refractivity contribution >= 4 is 56.0 Å². The summed E-state index contributed by atoms with van der Waals surface area (Å²) in [6, 6.07) is 7.81. The number of halogens is 4. The van der Waals surface area contributed by atoms with Crippen molar-refractivity contribution in [3.8, 4) is 16.9 Å². The summed E-state index contributed by atoms with van der Waals surface area (Å²) in [5.41, 5.74) is 0.679. The summed E-state index contributed by atoms with van der Waals surface area (Å²) in [6.07, 6.45) is -4.68. The third kappa shape index (κ3) is 6.24. The van der Waals surface area contributed by atoms with Crippen LogP contribution in [0.3, 0.4) is 0 Å². The van der Waals surface area contributed by atoms with Gasteiger partial charge in [-0.1, -0.05) is 11.6 Å². The number of thiophene rings is 1. The zero-order chi connectivity index (χ0) is 33.8. The second-order valence-corrected chi connectivity index (χ2v) is 13.1. The first kappa shape index (κ1) is 32.7. The van der Waals surface area contributed by atoms with Gasteiger partial charge in [-0.05, 0) is 58.2 Å². The highest BCUT2D eigenvalue weighted by Gasteiger charge is 2.37. The lowest BCUT2D eigenvalue weighted by atomic mass is 10.0. The number of fused-ring (bicyclic) bond motifs is 2. The third-order valence-electron chi connectivity index (χ3n) is 8.17. The van der Waals surface area contributed by atoms with E-state index in [1.54, 1.807) is 43.9 Å². The van der Waals surface area contributed by atoms with Gasteiger partial charge in [0.25, 0.3) is 5.56 Å². The van der Waals surface area contributed by atoms with Crippen molar-refractivity contribution in [2.24, 2.45) is 0 Å². The van der Waals surface area contributed by atoms with Gasteiger partial charge in [0.1, 0.15) is 29.6 Å². The summed E-state index contributed by atoms with van der Waals surface area (Å²) < 4.78 is 50.5. The molecule has 1 fully saturated rings. The average Bonchev–Trinajstić information content (AvgIpc) is 3.34. The number of carboxylic acids is 1. The van der Waals surface area contributed by atoms with Crippen molar-refractivity contribution in [3.63, 3.8) is 0 Å². The first-order valence-corrected chi connectivity index (χ1v) is 15.9. The highest BCUT2D eigenvalue weighted by atomic mass is 35.5. The Morgan fingerprint density at radius 2 is 1.74 bits per heavy atom. The fraction of sp³-hybridized carbons (Fsp3) is 0.344. The minimum absolute atomic E-state index is 0.00553.